The standard InChI is InChI=1S/C21H24N6O4/c1-25-18(22-13-20(25)27(30)31)12-16-15-11-14(5-6-17(15)24-21(16)29)23-19(28)7-10-26-8-3-2-4-9-26/h5-6,11-13H,2-4,7-10H2,1H3,(H,23,28)(H,24,29)/b16-12-. The molecule has 2 amide bonds. The minimum atomic E-state index is -0.533. The number of likely N-dealkylation sites (tertiary alicyclic amines) is 1. The zero-order valence-electron chi connectivity index (χ0n) is 17.3. The number of rotatable bonds is 6. The highest BCUT2D eigenvalue weighted by atomic mass is 16.6. The molecule has 1 aromatic heterocycles. The van der Waals surface area contributed by atoms with Crippen molar-refractivity contribution < 1.29 is 14.5 Å². The van der Waals surface area contributed by atoms with E-state index < -0.39 is 4.92 Å². The molecule has 1 aromatic carbocycles. The molecule has 4 rings (SSSR count). The van der Waals surface area contributed by atoms with Crippen LogP contribution in [0.1, 0.15) is 37.1 Å². The Morgan fingerprint density at radius 3 is 2.81 bits per heavy atom. The van der Waals surface area contributed by atoms with Crippen LogP contribution in [0.25, 0.3) is 11.6 Å². The van der Waals surface area contributed by atoms with Crippen molar-refractivity contribution >= 4 is 40.7 Å². The maximum absolute atomic E-state index is 12.5. The zero-order valence-corrected chi connectivity index (χ0v) is 17.3. The van der Waals surface area contributed by atoms with Gasteiger partial charge in [-0.15, -0.1) is 0 Å². The van der Waals surface area contributed by atoms with Gasteiger partial charge in [-0.1, -0.05) is 6.42 Å². The Balaban J connectivity index is 1.49. The van der Waals surface area contributed by atoms with Crippen molar-refractivity contribution in [1.29, 1.82) is 0 Å². The number of piperidine rings is 1. The Labute approximate surface area is 179 Å². The van der Waals surface area contributed by atoms with Crippen LogP contribution >= 0.6 is 0 Å². The first kappa shape index (κ1) is 20.7. The van der Waals surface area contributed by atoms with Crippen LogP contribution in [0.3, 0.4) is 0 Å². The van der Waals surface area contributed by atoms with Gasteiger partial charge in [0.05, 0.1) is 12.6 Å². The molecule has 162 valence electrons. The fraction of sp³-hybridized carbons (Fsp3) is 0.381. The van der Waals surface area contributed by atoms with E-state index in [-0.39, 0.29) is 17.6 Å². The van der Waals surface area contributed by atoms with E-state index in [0.717, 1.165) is 25.8 Å². The lowest BCUT2D eigenvalue weighted by Crippen LogP contribution is -2.32. The van der Waals surface area contributed by atoms with Crippen LogP contribution in [0, 0.1) is 10.1 Å². The average molecular weight is 424 g/mol. The minimum Gasteiger partial charge on any atom is -0.358 e. The number of imidazole rings is 1. The molecule has 0 atom stereocenters. The first-order valence-electron chi connectivity index (χ1n) is 10.3. The minimum absolute atomic E-state index is 0.0759. The number of carbonyl (C=O) groups excluding carboxylic acids is 2. The number of aromatic nitrogens is 2. The summed E-state index contributed by atoms with van der Waals surface area (Å²) in [5.74, 6) is -0.275. The summed E-state index contributed by atoms with van der Waals surface area (Å²) in [7, 11) is 1.52. The SMILES string of the molecule is Cn1c([N+](=O)[O-])cnc1/C=C1\C(=O)Nc2ccc(NC(=O)CCN3CCCCC3)cc21. The van der Waals surface area contributed by atoms with E-state index in [1.807, 2.05) is 0 Å². The zero-order chi connectivity index (χ0) is 22.0. The first-order valence-corrected chi connectivity index (χ1v) is 10.3. The summed E-state index contributed by atoms with van der Waals surface area (Å²) < 4.78 is 1.31. The third-order valence-corrected chi connectivity index (χ3v) is 5.65. The monoisotopic (exact) mass is 424 g/mol. The van der Waals surface area contributed by atoms with Gasteiger partial charge in [0.1, 0.15) is 6.20 Å². The molecule has 3 heterocycles. The van der Waals surface area contributed by atoms with Crippen LogP contribution in [0.2, 0.25) is 0 Å². The normalized spacial score (nSPS) is 17.5. The van der Waals surface area contributed by atoms with Crippen LogP contribution < -0.4 is 10.6 Å². The Morgan fingerprint density at radius 1 is 1.32 bits per heavy atom. The van der Waals surface area contributed by atoms with Gasteiger partial charge in [-0.2, -0.15) is 0 Å². The number of hydrogen-bond donors (Lipinski definition) is 2. The van der Waals surface area contributed by atoms with Gasteiger partial charge in [0.2, 0.25) is 11.7 Å². The molecular weight excluding hydrogens is 400 g/mol. The summed E-state index contributed by atoms with van der Waals surface area (Å²) >= 11 is 0. The Morgan fingerprint density at radius 2 is 2.10 bits per heavy atom. The van der Waals surface area contributed by atoms with E-state index >= 15 is 0 Å². The van der Waals surface area contributed by atoms with Gasteiger partial charge < -0.3 is 25.6 Å². The third-order valence-electron chi connectivity index (χ3n) is 5.65. The fourth-order valence-corrected chi connectivity index (χ4v) is 3.92. The number of benzene rings is 1. The number of fused-ring (bicyclic) bond motifs is 1. The van der Waals surface area contributed by atoms with Crippen LogP contribution in [0.15, 0.2) is 24.4 Å². The van der Waals surface area contributed by atoms with E-state index in [1.165, 1.54) is 37.0 Å². The molecule has 31 heavy (non-hydrogen) atoms. The van der Waals surface area contributed by atoms with Gasteiger partial charge in [0.25, 0.3) is 5.91 Å². The maximum atomic E-state index is 12.5. The Bertz CT molecular complexity index is 1070. The van der Waals surface area contributed by atoms with E-state index in [1.54, 1.807) is 18.2 Å². The number of nitrogens with one attached hydrogen (secondary N) is 2. The first-order chi connectivity index (χ1) is 14.9. The number of carbonyl (C=O) groups is 2. The van der Waals surface area contributed by atoms with Crippen LogP contribution in [0.4, 0.5) is 17.2 Å². The Kier molecular flexibility index (Phi) is 5.81. The molecule has 2 N–H and O–H groups in total. The average Bonchev–Trinajstić information content (AvgIpc) is 3.27. The molecule has 0 spiro atoms. The summed E-state index contributed by atoms with van der Waals surface area (Å²) in [6, 6.07) is 5.21. The third kappa shape index (κ3) is 4.48. The molecule has 2 aromatic rings. The van der Waals surface area contributed by atoms with E-state index in [2.05, 4.69) is 20.5 Å². The molecular formula is C21H24N6O4. The predicted octanol–water partition coefficient (Wildman–Crippen LogP) is 2.64. The largest absolute Gasteiger partial charge is 0.358 e. The van der Waals surface area contributed by atoms with Crippen LogP contribution in [-0.2, 0) is 16.6 Å². The van der Waals surface area contributed by atoms with Gasteiger partial charge in [-0.3, -0.25) is 9.59 Å². The molecule has 2 aliphatic rings. The highest BCUT2D eigenvalue weighted by Gasteiger charge is 2.26. The van der Waals surface area contributed by atoms with Crippen molar-refractivity contribution in [2.75, 3.05) is 30.3 Å². The van der Waals surface area contributed by atoms with Crippen LogP contribution in [0.5, 0.6) is 0 Å². The number of nitro groups is 1. The summed E-state index contributed by atoms with van der Waals surface area (Å²) in [5.41, 5.74) is 2.16. The van der Waals surface area contributed by atoms with Crippen molar-refractivity contribution in [1.82, 2.24) is 14.5 Å². The van der Waals surface area contributed by atoms with E-state index in [0.29, 0.717) is 34.8 Å². The summed E-state index contributed by atoms with van der Waals surface area (Å²) in [6.45, 7) is 2.82. The van der Waals surface area contributed by atoms with Gasteiger partial charge in [-0.25, -0.2) is 9.55 Å². The molecule has 1 saturated heterocycles. The van der Waals surface area contributed by atoms with Crippen LogP contribution in [-0.4, -0.2) is 50.8 Å². The van der Waals surface area contributed by atoms with E-state index in [9.17, 15) is 19.7 Å². The van der Waals surface area contributed by atoms with Crippen molar-refractivity contribution in [2.45, 2.75) is 25.7 Å². The predicted molar refractivity (Wildman–Crippen MR) is 116 cm³/mol. The lowest BCUT2D eigenvalue weighted by atomic mass is 10.1. The summed E-state index contributed by atoms with van der Waals surface area (Å²) in [4.78, 5) is 41.7. The van der Waals surface area contributed by atoms with Crippen molar-refractivity contribution in [3.05, 3.63) is 45.9 Å². The molecule has 0 unspecified atom stereocenters. The second-order valence-electron chi connectivity index (χ2n) is 7.76. The molecule has 10 nitrogen and oxygen atoms in total. The summed E-state index contributed by atoms with van der Waals surface area (Å²) in [5, 5.41) is 16.7. The molecule has 0 saturated carbocycles. The highest BCUT2D eigenvalue weighted by molar-refractivity contribution is 6.35. The van der Waals surface area contributed by atoms with E-state index in [4.69, 9.17) is 0 Å². The smallest absolute Gasteiger partial charge is 0.342 e. The number of anilines is 2. The second-order valence-corrected chi connectivity index (χ2v) is 7.76. The highest BCUT2D eigenvalue weighted by Crippen LogP contribution is 2.35. The number of nitrogens with zero attached hydrogens (tertiary/aromatic N) is 4. The fourth-order valence-electron chi connectivity index (χ4n) is 3.92. The molecule has 0 aliphatic carbocycles. The van der Waals surface area contributed by atoms with Crippen molar-refractivity contribution in [2.24, 2.45) is 7.05 Å². The maximum Gasteiger partial charge on any atom is 0.342 e. The molecule has 1 fully saturated rings. The Hall–Kier alpha value is -3.53. The van der Waals surface area contributed by atoms with Gasteiger partial charge in [0, 0.05) is 36.0 Å². The molecule has 0 radical (unpaired) electrons. The number of hydrogen-bond acceptors (Lipinski definition) is 6. The quantitative estimate of drug-likeness (QED) is 0.418. The van der Waals surface area contributed by atoms with Crippen molar-refractivity contribution in [3.8, 4) is 0 Å². The van der Waals surface area contributed by atoms with Gasteiger partial charge in [0.15, 0.2) is 0 Å². The number of amides is 2. The molecule has 0 bridgehead atoms. The summed E-state index contributed by atoms with van der Waals surface area (Å²) in [6.07, 6.45) is 6.69. The second kappa shape index (κ2) is 8.68. The molecule has 10 heteroatoms. The lowest BCUT2D eigenvalue weighted by molar-refractivity contribution is -0.391. The van der Waals surface area contributed by atoms with Crippen molar-refractivity contribution in [3.63, 3.8) is 0 Å². The van der Waals surface area contributed by atoms with Gasteiger partial charge in [-0.05, 0) is 49.1 Å². The lowest BCUT2D eigenvalue weighted by Gasteiger charge is -2.25. The van der Waals surface area contributed by atoms with Gasteiger partial charge >= 0.3 is 5.82 Å². The topological polar surface area (TPSA) is 122 Å². The molecule has 2 aliphatic heterocycles.